The molecule has 0 aliphatic heterocycles. The van der Waals surface area contributed by atoms with Crippen LogP contribution in [0.3, 0.4) is 0 Å². The molecule has 5 heteroatoms. The van der Waals surface area contributed by atoms with Crippen LogP contribution < -0.4 is 16.0 Å². The normalized spacial score (nSPS) is 13.3. The lowest BCUT2D eigenvalue weighted by molar-refractivity contribution is -0.121. The van der Waals surface area contributed by atoms with Crippen molar-refractivity contribution in [3.63, 3.8) is 0 Å². The Hall–Kier alpha value is -2.04. The van der Waals surface area contributed by atoms with Crippen molar-refractivity contribution in [3.05, 3.63) is 35.9 Å². The average molecular weight is 318 g/mol. The van der Waals surface area contributed by atoms with Crippen LogP contribution in [0.25, 0.3) is 0 Å². The highest BCUT2D eigenvalue weighted by molar-refractivity contribution is 5.86. The third-order valence-corrected chi connectivity index (χ3v) is 3.43. The molecule has 0 bridgehead atoms. The number of amides is 1. The molecule has 0 saturated heterocycles. The number of carbonyl (C=O) groups excluding carboxylic acids is 1. The molecule has 1 amide bonds. The minimum Gasteiger partial charge on any atom is -0.356 e. The van der Waals surface area contributed by atoms with Crippen molar-refractivity contribution in [2.75, 3.05) is 20.1 Å². The summed E-state index contributed by atoms with van der Waals surface area (Å²) >= 11 is 0. The van der Waals surface area contributed by atoms with Crippen LogP contribution in [0, 0.1) is 0 Å². The summed E-state index contributed by atoms with van der Waals surface area (Å²) in [5.41, 5.74) is 1.08. The fraction of sp³-hybridized carbons (Fsp3) is 0.556. The highest BCUT2D eigenvalue weighted by Gasteiger charge is 2.14. The number of nitrogens with zero attached hydrogens (tertiary/aromatic N) is 1. The van der Waals surface area contributed by atoms with Gasteiger partial charge in [0.25, 0.3) is 0 Å². The molecule has 0 fully saturated rings. The van der Waals surface area contributed by atoms with Gasteiger partial charge in [-0.25, -0.2) is 0 Å². The molecule has 23 heavy (non-hydrogen) atoms. The smallest absolute Gasteiger partial charge is 0.239 e. The van der Waals surface area contributed by atoms with E-state index in [4.69, 9.17) is 0 Å². The van der Waals surface area contributed by atoms with Gasteiger partial charge < -0.3 is 16.0 Å². The summed E-state index contributed by atoms with van der Waals surface area (Å²) in [4.78, 5) is 16.0. The van der Waals surface area contributed by atoms with Crippen molar-refractivity contribution in [2.45, 2.75) is 45.6 Å². The largest absolute Gasteiger partial charge is 0.356 e. The Morgan fingerprint density at radius 3 is 2.35 bits per heavy atom. The fourth-order valence-electron chi connectivity index (χ4n) is 2.29. The Balaban J connectivity index is 2.46. The number of hydrogen-bond acceptors (Lipinski definition) is 2. The van der Waals surface area contributed by atoms with Crippen molar-refractivity contribution in [1.82, 2.24) is 16.0 Å². The zero-order chi connectivity index (χ0) is 17.3. The predicted octanol–water partition coefficient (Wildman–Crippen LogP) is 2.26. The molecule has 1 aromatic rings. The first-order valence-corrected chi connectivity index (χ1v) is 8.16. The van der Waals surface area contributed by atoms with Crippen LogP contribution in [-0.4, -0.2) is 37.5 Å². The summed E-state index contributed by atoms with van der Waals surface area (Å²) < 4.78 is 0. The van der Waals surface area contributed by atoms with Crippen molar-refractivity contribution in [1.29, 1.82) is 0 Å². The van der Waals surface area contributed by atoms with Gasteiger partial charge in [-0.1, -0.05) is 37.3 Å². The molecule has 0 aliphatic carbocycles. The van der Waals surface area contributed by atoms with Gasteiger partial charge in [-0.15, -0.1) is 0 Å². The monoisotopic (exact) mass is 318 g/mol. The van der Waals surface area contributed by atoms with E-state index in [1.807, 2.05) is 26.8 Å². The Labute approximate surface area is 140 Å². The molecule has 1 unspecified atom stereocenters. The van der Waals surface area contributed by atoms with E-state index < -0.39 is 0 Å². The molecule has 0 aliphatic rings. The zero-order valence-corrected chi connectivity index (χ0v) is 14.9. The van der Waals surface area contributed by atoms with Crippen LogP contribution in [-0.2, 0) is 4.79 Å². The number of benzene rings is 1. The van der Waals surface area contributed by atoms with Crippen molar-refractivity contribution in [3.8, 4) is 0 Å². The molecule has 0 heterocycles. The molecular weight excluding hydrogens is 288 g/mol. The second-order valence-corrected chi connectivity index (χ2v) is 6.62. The Bertz CT molecular complexity index is 506. The van der Waals surface area contributed by atoms with E-state index >= 15 is 0 Å². The van der Waals surface area contributed by atoms with Gasteiger partial charge >= 0.3 is 0 Å². The van der Waals surface area contributed by atoms with E-state index in [1.165, 1.54) is 5.56 Å². The van der Waals surface area contributed by atoms with Gasteiger partial charge in [0.05, 0.1) is 6.54 Å². The van der Waals surface area contributed by atoms with Crippen LogP contribution >= 0.6 is 0 Å². The van der Waals surface area contributed by atoms with E-state index in [1.54, 1.807) is 7.05 Å². The Morgan fingerprint density at radius 1 is 1.17 bits per heavy atom. The van der Waals surface area contributed by atoms with Crippen LogP contribution in [0.4, 0.5) is 0 Å². The lowest BCUT2D eigenvalue weighted by Crippen LogP contribution is -2.48. The number of carbonyl (C=O) groups is 1. The first kappa shape index (κ1) is 19.0. The number of rotatable bonds is 6. The van der Waals surface area contributed by atoms with Gasteiger partial charge in [-0.05, 0) is 32.8 Å². The molecule has 1 atom stereocenters. The maximum Gasteiger partial charge on any atom is 0.239 e. The molecular formula is C18H30N4O. The fourth-order valence-corrected chi connectivity index (χ4v) is 2.29. The summed E-state index contributed by atoms with van der Waals surface area (Å²) in [6.07, 6.45) is 1.04. The third-order valence-electron chi connectivity index (χ3n) is 3.43. The lowest BCUT2D eigenvalue weighted by Gasteiger charge is -2.22. The van der Waals surface area contributed by atoms with Gasteiger partial charge in [-0.2, -0.15) is 0 Å². The molecule has 0 saturated carbocycles. The van der Waals surface area contributed by atoms with Crippen molar-refractivity contribution < 1.29 is 4.79 Å². The first-order chi connectivity index (χ1) is 10.9. The Morgan fingerprint density at radius 2 is 1.83 bits per heavy atom. The van der Waals surface area contributed by atoms with E-state index in [0.29, 0.717) is 11.9 Å². The maximum absolute atomic E-state index is 11.8. The molecule has 5 nitrogen and oxygen atoms in total. The predicted molar refractivity (Wildman–Crippen MR) is 96.7 cm³/mol. The quantitative estimate of drug-likeness (QED) is 0.557. The molecule has 1 aromatic carbocycles. The minimum absolute atomic E-state index is 0.0458. The standard InChI is InChI=1S/C18H30N4O/c1-6-14(15-10-8-7-9-11-15)12-20-17(19-5)21-13-16(23)22-18(2,3)4/h7-11,14H,6,12-13H2,1-5H3,(H,22,23)(H2,19,20,21). The summed E-state index contributed by atoms with van der Waals surface area (Å²) in [6, 6.07) is 10.4. The summed E-state index contributed by atoms with van der Waals surface area (Å²) in [7, 11) is 1.71. The van der Waals surface area contributed by atoms with Crippen LogP contribution in [0.5, 0.6) is 0 Å². The van der Waals surface area contributed by atoms with Crippen molar-refractivity contribution >= 4 is 11.9 Å². The van der Waals surface area contributed by atoms with E-state index in [-0.39, 0.29) is 18.0 Å². The van der Waals surface area contributed by atoms with Gasteiger partial charge in [0.1, 0.15) is 0 Å². The number of guanidine groups is 1. The number of hydrogen-bond donors (Lipinski definition) is 3. The third kappa shape index (κ3) is 7.68. The van der Waals surface area contributed by atoms with Gasteiger partial charge in [-0.3, -0.25) is 9.79 Å². The first-order valence-electron chi connectivity index (χ1n) is 8.16. The number of aliphatic imine (C=N–C) groups is 1. The second-order valence-electron chi connectivity index (χ2n) is 6.62. The average Bonchev–Trinajstić information content (AvgIpc) is 2.50. The zero-order valence-electron chi connectivity index (χ0n) is 14.9. The Kier molecular flexibility index (Phi) is 7.59. The summed E-state index contributed by atoms with van der Waals surface area (Å²) in [5.74, 6) is 1.01. The van der Waals surface area contributed by atoms with E-state index in [2.05, 4.69) is 52.1 Å². The van der Waals surface area contributed by atoms with E-state index in [9.17, 15) is 4.79 Å². The van der Waals surface area contributed by atoms with Crippen LogP contribution in [0.1, 0.15) is 45.6 Å². The highest BCUT2D eigenvalue weighted by Crippen LogP contribution is 2.17. The molecule has 0 aromatic heterocycles. The summed E-state index contributed by atoms with van der Waals surface area (Å²) in [6.45, 7) is 9.05. The van der Waals surface area contributed by atoms with Gasteiger partial charge in [0, 0.05) is 25.0 Å². The molecule has 128 valence electrons. The SMILES string of the molecule is CCC(CNC(=NC)NCC(=O)NC(C)(C)C)c1ccccc1. The highest BCUT2D eigenvalue weighted by atomic mass is 16.2. The van der Waals surface area contributed by atoms with Crippen molar-refractivity contribution in [2.24, 2.45) is 4.99 Å². The maximum atomic E-state index is 11.8. The van der Waals surface area contributed by atoms with Gasteiger partial charge in [0.2, 0.25) is 5.91 Å². The molecule has 1 rings (SSSR count). The van der Waals surface area contributed by atoms with Gasteiger partial charge in [0.15, 0.2) is 5.96 Å². The van der Waals surface area contributed by atoms with Crippen LogP contribution in [0.2, 0.25) is 0 Å². The second kappa shape index (κ2) is 9.18. The minimum atomic E-state index is -0.226. The van der Waals surface area contributed by atoms with Crippen LogP contribution in [0.15, 0.2) is 35.3 Å². The molecule has 0 spiro atoms. The van der Waals surface area contributed by atoms with E-state index in [0.717, 1.165) is 13.0 Å². The lowest BCUT2D eigenvalue weighted by atomic mass is 9.97. The topological polar surface area (TPSA) is 65.5 Å². The molecule has 3 N–H and O–H groups in total. The summed E-state index contributed by atoms with van der Waals surface area (Å²) in [5, 5.41) is 9.26. The number of nitrogens with one attached hydrogen (secondary N) is 3. The molecule has 0 radical (unpaired) electrons.